The molecule has 12 nitrogen and oxygen atoms in total. The van der Waals surface area contributed by atoms with Crippen LogP contribution in [0.5, 0.6) is 11.5 Å². The Labute approximate surface area is 241 Å². The molecule has 0 heterocycles. The lowest BCUT2D eigenvalue weighted by molar-refractivity contribution is 0.474. The van der Waals surface area contributed by atoms with E-state index in [1.165, 1.54) is 72.8 Å². The first-order valence-electron chi connectivity index (χ1n) is 12.0. The van der Waals surface area contributed by atoms with E-state index >= 15 is 0 Å². The van der Waals surface area contributed by atoms with Gasteiger partial charge in [0.1, 0.15) is 21.3 Å². The first-order valence-corrected chi connectivity index (χ1v) is 14.9. The van der Waals surface area contributed by atoms with Crippen molar-refractivity contribution in [2.24, 2.45) is 20.5 Å². The van der Waals surface area contributed by atoms with Gasteiger partial charge in [-0.25, -0.2) is 0 Å². The molecule has 0 bridgehead atoms. The van der Waals surface area contributed by atoms with Crippen LogP contribution in [0.15, 0.2) is 103 Å². The van der Waals surface area contributed by atoms with Gasteiger partial charge in [-0.2, -0.15) is 37.3 Å². The number of phenolic OH excluding ortho intramolecular Hbond substituents is 2. The van der Waals surface area contributed by atoms with Crippen LogP contribution in [-0.2, 0) is 20.2 Å². The monoisotopic (exact) mass is 608 g/mol. The van der Waals surface area contributed by atoms with Crippen molar-refractivity contribution in [2.75, 3.05) is 0 Å². The van der Waals surface area contributed by atoms with Crippen molar-refractivity contribution in [2.45, 2.75) is 23.6 Å². The fraction of sp³-hybridized carbons (Fsp3) is 0.0714. The van der Waals surface area contributed by atoms with Crippen LogP contribution < -0.4 is 0 Å². The Morgan fingerprint density at radius 3 is 1.26 bits per heavy atom. The zero-order valence-corrected chi connectivity index (χ0v) is 23.7. The summed E-state index contributed by atoms with van der Waals surface area (Å²) in [7, 11) is -9.48. The number of phenols is 2. The van der Waals surface area contributed by atoms with Crippen LogP contribution in [-0.4, -0.2) is 36.2 Å². The summed E-state index contributed by atoms with van der Waals surface area (Å²) in [5, 5.41) is 35.2. The van der Waals surface area contributed by atoms with E-state index in [4.69, 9.17) is 0 Å². The molecule has 0 aliphatic rings. The molecule has 4 N–H and O–H groups in total. The van der Waals surface area contributed by atoms with E-state index in [-0.39, 0.29) is 34.0 Å². The predicted octanol–water partition coefficient (Wildman–Crippen LogP) is 7.21. The second-order valence-electron chi connectivity index (χ2n) is 9.07. The molecule has 42 heavy (non-hydrogen) atoms. The zero-order valence-electron chi connectivity index (χ0n) is 22.1. The quantitative estimate of drug-likeness (QED) is 0.0913. The molecular formula is C28H24N4O8S2. The smallest absolute Gasteiger partial charge is 0.295 e. The van der Waals surface area contributed by atoms with Crippen LogP contribution in [0.3, 0.4) is 0 Å². The maximum atomic E-state index is 12.1. The number of benzene rings is 4. The van der Waals surface area contributed by atoms with E-state index in [1.54, 1.807) is 13.8 Å². The molecule has 0 saturated carbocycles. The molecule has 0 radical (unpaired) electrons. The largest absolute Gasteiger partial charge is 0.508 e. The molecule has 14 heteroatoms. The number of azo groups is 2. The van der Waals surface area contributed by atoms with Crippen molar-refractivity contribution in [3.8, 4) is 11.5 Å². The number of aryl methyl sites for hydroxylation is 2. The minimum absolute atomic E-state index is 0.00474. The third-order valence-electron chi connectivity index (χ3n) is 5.90. The van der Waals surface area contributed by atoms with E-state index in [0.29, 0.717) is 22.5 Å². The topological polar surface area (TPSA) is 199 Å². The van der Waals surface area contributed by atoms with E-state index in [1.807, 2.05) is 0 Å². The van der Waals surface area contributed by atoms with Gasteiger partial charge in [0, 0.05) is 0 Å². The summed E-state index contributed by atoms with van der Waals surface area (Å²) in [6.45, 7) is 3.41. The lowest BCUT2D eigenvalue weighted by Gasteiger charge is -2.07. The maximum Gasteiger partial charge on any atom is 0.295 e. The van der Waals surface area contributed by atoms with Crippen LogP contribution in [0.2, 0.25) is 0 Å². The highest BCUT2D eigenvalue weighted by Gasteiger charge is 2.18. The van der Waals surface area contributed by atoms with Gasteiger partial charge in [0.05, 0.1) is 22.7 Å². The molecule has 216 valence electrons. The highest BCUT2D eigenvalue weighted by molar-refractivity contribution is 7.86. The van der Waals surface area contributed by atoms with Crippen molar-refractivity contribution in [3.63, 3.8) is 0 Å². The molecule has 4 aromatic carbocycles. The van der Waals surface area contributed by atoms with E-state index < -0.39 is 30.0 Å². The summed E-state index contributed by atoms with van der Waals surface area (Å²) in [6.07, 6.45) is 2.50. The van der Waals surface area contributed by atoms with Gasteiger partial charge in [0.2, 0.25) is 0 Å². The van der Waals surface area contributed by atoms with Crippen molar-refractivity contribution in [1.29, 1.82) is 0 Å². The van der Waals surface area contributed by atoms with Crippen molar-refractivity contribution in [1.82, 2.24) is 0 Å². The van der Waals surface area contributed by atoms with Gasteiger partial charge in [-0.15, -0.1) is 0 Å². The lowest BCUT2D eigenvalue weighted by Crippen LogP contribution is -2.01. The van der Waals surface area contributed by atoms with Crippen molar-refractivity contribution in [3.05, 3.63) is 95.1 Å². The summed E-state index contributed by atoms with van der Waals surface area (Å²) in [5.41, 5.74) is 2.34. The Morgan fingerprint density at radius 2 is 0.929 bits per heavy atom. The molecule has 0 spiro atoms. The molecule has 0 aromatic heterocycles. The first kappa shape index (κ1) is 30.2. The molecule has 0 saturated heterocycles. The van der Waals surface area contributed by atoms with Crippen LogP contribution in [0.25, 0.3) is 12.2 Å². The van der Waals surface area contributed by atoms with Crippen LogP contribution in [0, 0.1) is 13.8 Å². The molecule has 0 atom stereocenters. The van der Waals surface area contributed by atoms with E-state index in [9.17, 15) is 36.2 Å². The highest BCUT2D eigenvalue weighted by Crippen LogP contribution is 2.31. The molecule has 0 unspecified atom stereocenters. The van der Waals surface area contributed by atoms with Gasteiger partial charge in [-0.3, -0.25) is 9.11 Å². The Hall–Kier alpha value is -4.76. The molecule has 0 fully saturated rings. The summed E-state index contributed by atoms with van der Waals surface area (Å²) in [6, 6.07) is 16.6. The molecule has 0 aliphatic carbocycles. The maximum absolute atomic E-state index is 12.1. The normalized spacial score (nSPS) is 12.6. The van der Waals surface area contributed by atoms with Gasteiger partial charge in [0.15, 0.2) is 0 Å². The highest BCUT2D eigenvalue weighted by atomic mass is 32.2. The fourth-order valence-corrected chi connectivity index (χ4v) is 5.21. The van der Waals surface area contributed by atoms with Crippen molar-refractivity contribution >= 4 is 55.1 Å². The van der Waals surface area contributed by atoms with Gasteiger partial charge < -0.3 is 10.2 Å². The van der Waals surface area contributed by atoms with Gasteiger partial charge >= 0.3 is 0 Å². The molecule has 0 amide bonds. The Bertz CT molecular complexity index is 1840. The van der Waals surface area contributed by atoms with Gasteiger partial charge in [0.25, 0.3) is 20.2 Å². The van der Waals surface area contributed by atoms with Crippen LogP contribution in [0.4, 0.5) is 22.7 Å². The van der Waals surface area contributed by atoms with Crippen molar-refractivity contribution < 1.29 is 36.2 Å². The number of hydrogen-bond donors (Lipinski definition) is 4. The van der Waals surface area contributed by atoms with Gasteiger partial charge in [-0.05, 0) is 96.8 Å². The fourth-order valence-electron chi connectivity index (χ4n) is 3.80. The molecule has 0 aliphatic heterocycles. The van der Waals surface area contributed by atoms with Crippen LogP contribution >= 0.6 is 0 Å². The average Bonchev–Trinajstić information content (AvgIpc) is 2.90. The Morgan fingerprint density at radius 1 is 0.548 bits per heavy atom. The summed E-state index contributed by atoms with van der Waals surface area (Å²) in [4.78, 5) is -1.03. The third-order valence-corrected chi connectivity index (χ3v) is 7.72. The minimum Gasteiger partial charge on any atom is -0.508 e. The minimum atomic E-state index is -4.74. The lowest BCUT2D eigenvalue weighted by atomic mass is 10.1. The predicted molar refractivity (Wildman–Crippen MR) is 155 cm³/mol. The second-order valence-corrected chi connectivity index (χ2v) is 11.8. The molecule has 4 aromatic rings. The number of hydrogen-bond acceptors (Lipinski definition) is 10. The van der Waals surface area contributed by atoms with Crippen LogP contribution in [0.1, 0.15) is 22.3 Å². The summed E-state index contributed by atoms with van der Waals surface area (Å²) >= 11 is 0. The molecule has 4 rings (SSSR count). The number of nitrogens with zero attached hydrogens (tertiary/aromatic N) is 4. The first-order chi connectivity index (χ1) is 19.7. The Balaban J connectivity index is 1.67. The standard InChI is InChI=1S/C28H24N4O8S2/c1-17-13-23(33)9-11-25(17)31-29-21-7-5-19(27(15-21)41(35,36)37)3-4-20-6-8-22(16-28(20)42(38,39)40)30-32-26-12-10-24(34)14-18(26)2/h3-16,33-34H,1-2H3,(H,35,36,37)(H,38,39,40). The molecular weight excluding hydrogens is 584 g/mol. The second kappa shape index (κ2) is 12.0. The van der Waals surface area contributed by atoms with Gasteiger partial charge in [-0.1, -0.05) is 24.3 Å². The van der Waals surface area contributed by atoms with E-state index in [0.717, 1.165) is 12.1 Å². The Kier molecular flexibility index (Phi) is 8.63. The summed E-state index contributed by atoms with van der Waals surface area (Å²) < 4.78 is 68.2. The third kappa shape index (κ3) is 7.50. The number of aromatic hydroxyl groups is 2. The zero-order chi connectivity index (χ0) is 30.7. The average molecular weight is 609 g/mol. The summed E-state index contributed by atoms with van der Waals surface area (Å²) in [5.74, 6) is 0.105. The van der Waals surface area contributed by atoms with E-state index in [2.05, 4.69) is 20.5 Å². The number of rotatable bonds is 8. The SMILES string of the molecule is Cc1cc(O)ccc1N=Nc1ccc(C=Cc2ccc(N=Nc3ccc(O)cc3C)cc2S(=O)(=O)O)c(S(=O)(=O)O)c1.